The smallest absolute Gasteiger partial charge is 0.137 e. The first-order chi connectivity index (χ1) is 12.2. The molecular weight excluding hydrogens is 328 g/mol. The third-order valence-corrected chi connectivity index (χ3v) is 5.92. The molecule has 0 spiro atoms. The van der Waals surface area contributed by atoms with Crippen LogP contribution in [0.15, 0.2) is 59.6 Å². The molecule has 1 aliphatic carbocycles. The molecule has 25 heavy (non-hydrogen) atoms. The number of aromatic nitrogens is 2. The van der Waals surface area contributed by atoms with Crippen LogP contribution in [0.3, 0.4) is 0 Å². The second-order valence-electron chi connectivity index (χ2n) is 6.73. The molecule has 0 radical (unpaired) electrons. The molecule has 1 N–H and O–H groups in total. The highest BCUT2D eigenvalue weighted by Gasteiger charge is 2.16. The second kappa shape index (κ2) is 6.96. The highest BCUT2D eigenvalue weighted by molar-refractivity contribution is 7.84. The van der Waals surface area contributed by atoms with Crippen molar-refractivity contribution in [3.63, 3.8) is 0 Å². The first-order valence-corrected chi connectivity index (χ1v) is 10.4. The molecule has 1 saturated carbocycles. The summed E-state index contributed by atoms with van der Waals surface area (Å²) in [6, 6.07) is 14.3. The number of H-pyrrole nitrogens is 1. The molecule has 4 heteroatoms. The van der Waals surface area contributed by atoms with Crippen molar-refractivity contribution in [1.29, 1.82) is 0 Å². The molecule has 1 aromatic carbocycles. The number of nitrogens with one attached hydrogen (secondary N) is 1. The molecule has 128 valence electrons. The predicted molar refractivity (Wildman–Crippen MR) is 104 cm³/mol. The van der Waals surface area contributed by atoms with E-state index in [-0.39, 0.29) is 0 Å². The average molecular weight is 350 g/mol. The van der Waals surface area contributed by atoms with Crippen LogP contribution >= 0.6 is 0 Å². The number of nitrogens with zero attached hydrogens (tertiary/aromatic N) is 1. The van der Waals surface area contributed by atoms with Gasteiger partial charge in [-0.1, -0.05) is 31.1 Å². The summed E-state index contributed by atoms with van der Waals surface area (Å²) < 4.78 is 11.7. The number of hydrogen-bond donors (Lipinski definition) is 1. The number of pyridine rings is 1. The highest BCUT2D eigenvalue weighted by Crippen LogP contribution is 2.33. The van der Waals surface area contributed by atoms with Crippen LogP contribution < -0.4 is 0 Å². The Balaban J connectivity index is 1.79. The van der Waals surface area contributed by atoms with Crippen LogP contribution in [0.1, 0.15) is 36.9 Å². The fourth-order valence-electron chi connectivity index (χ4n) is 3.63. The van der Waals surface area contributed by atoms with Gasteiger partial charge in [0.2, 0.25) is 0 Å². The number of fused-ring (bicyclic) bond motifs is 1. The summed E-state index contributed by atoms with van der Waals surface area (Å²) in [4.78, 5) is 8.75. The monoisotopic (exact) mass is 350 g/mol. The minimum atomic E-state index is -0.949. The summed E-state index contributed by atoms with van der Waals surface area (Å²) in [7, 11) is -0.949. The van der Waals surface area contributed by atoms with E-state index in [0.29, 0.717) is 5.92 Å². The molecule has 1 fully saturated rings. The molecule has 0 bridgehead atoms. The van der Waals surface area contributed by atoms with Crippen molar-refractivity contribution in [3.8, 4) is 0 Å². The maximum atomic E-state index is 11.7. The van der Waals surface area contributed by atoms with Crippen molar-refractivity contribution >= 4 is 27.4 Å². The van der Waals surface area contributed by atoms with Crippen LogP contribution in [0.5, 0.6) is 0 Å². The Morgan fingerprint density at radius 3 is 2.64 bits per heavy atom. The van der Waals surface area contributed by atoms with Crippen molar-refractivity contribution < 1.29 is 4.21 Å². The molecule has 3 nitrogen and oxygen atoms in total. The van der Waals surface area contributed by atoms with Gasteiger partial charge < -0.3 is 4.98 Å². The van der Waals surface area contributed by atoms with Gasteiger partial charge in [0, 0.05) is 44.8 Å². The molecule has 2 aromatic heterocycles. The third kappa shape index (κ3) is 3.45. The average Bonchev–Trinajstić information content (AvgIpc) is 3.29. The zero-order valence-corrected chi connectivity index (χ0v) is 15.2. The standard InChI is InChI=1S/C21H22N2OS/c1-25(24)18-10-8-16(9-11-18)19(13-15-5-2-3-6-15)20-14-17-7-4-12-22-21(17)23-20/h4,7-15H,2-3,5-6H2,1H3,(H,22,23). The lowest BCUT2D eigenvalue weighted by Crippen LogP contribution is -1.95. The lowest BCUT2D eigenvalue weighted by atomic mass is 9.96. The molecule has 0 amide bonds. The van der Waals surface area contributed by atoms with E-state index in [1.54, 1.807) is 6.26 Å². The quantitative estimate of drug-likeness (QED) is 0.726. The van der Waals surface area contributed by atoms with Gasteiger partial charge in [-0.05, 0) is 54.7 Å². The van der Waals surface area contributed by atoms with E-state index in [4.69, 9.17) is 0 Å². The van der Waals surface area contributed by atoms with E-state index in [9.17, 15) is 4.21 Å². The lowest BCUT2D eigenvalue weighted by molar-refractivity contribution is 0.686. The zero-order chi connectivity index (χ0) is 17.2. The number of aromatic amines is 1. The van der Waals surface area contributed by atoms with Gasteiger partial charge >= 0.3 is 0 Å². The minimum Gasteiger partial charge on any atom is -0.339 e. The normalized spacial score (nSPS) is 17.2. The molecule has 1 atom stereocenters. The van der Waals surface area contributed by atoms with Gasteiger partial charge in [-0.15, -0.1) is 0 Å². The summed E-state index contributed by atoms with van der Waals surface area (Å²) in [6.45, 7) is 0. The molecule has 0 aliphatic heterocycles. The van der Waals surface area contributed by atoms with Crippen LogP contribution in [0.2, 0.25) is 0 Å². The largest absolute Gasteiger partial charge is 0.339 e. The van der Waals surface area contributed by atoms with Gasteiger partial charge in [0.15, 0.2) is 0 Å². The molecular formula is C21H22N2OS. The second-order valence-corrected chi connectivity index (χ2v) is 8.11. The van der Waals surface area contributed by atoms with Crippen molar-refractivity contribution in [1.82, 2.24) is 9.97 Å². The number of rotatable bonds is 4. The summed E-state index contributed by atoms with van der Waals surface area (Å²) in [5.41, 5.74) is 4.40. The fraction of sp³-hybridized carbons (Fsp3) is 0.286. The third-order valence-electron chi connectivity index (χ3n) is 4.98. The summed E-state index contributed by atoms with van der Waals surface area (Å²) >= 11 is 0. The van der Waals surface area contributed by atoms with Crippen LogP contribution in [-0.2, 0) is 10.8 Å². The van der Waals surface area contributed by atoms with E-state index >= 15 is 0 Å². The number of hydrogen-bond acceptors (Lipinski definition) is 2. The van der Waals surface area contributed by atoms with Crippen molar-refractivity contribution in [2.24, 2.45) is 5.92 Å². The molecule has 0 saturated heterocycles. The molecule has 1 unspecified atom stereocenters. The zero-order valence-electron chi connectivity index (χ0n) is 14.4. The highest BCUT2D eigenvalue weighted by atomic mass is 32.2. The van der Waals surface area contributed by atoms with Crippen molar-refractivity contribution in [2.75, 3.05) is 6.26 Å². The topological polar surface area (TPSA) is 45.8 Å². The predicted octanol–water partition coefficient (Wildman–Crippen LogP) is 4.92. The van der Waals surface area contributed by atoms with Gasteiger partial charge in [-0.3, -0.25) is 4.21 Å². The Bertz CT molecular complexity index is 901. The Morgan fingerprint density at radius 1 is 1.20 bits per heavy atom. The summed E-state index contributed by atoms with van der Waals surface area (Å²) in [5.74, 6) is 0.634. The molecule has 2 heterocycles. The fourth-order valence-corrected chi connectivity index (χ4v) is 4.15. The number of benzene rings is 1. The number of allylic oxidation sites excluding steroid dienone is 1. The van der Waals surface area contributed by atoms with Crippen molar-refractivity contribution in [2.45, 2.75) is 30.6 Å². The lowest BCUT2D eigenvalue weighted by Gasteiger charge is -2.11. The van der Waals surface area contributed by atoms with E-state index in [0.717, 1.165) is 27.2 Å². The first-order valence-electron chi connectivity index (χ1n) is 8.80. The van der Waals surface area contributed by atoms with Crippen molar-refractivity contribution in [3.05, 3.63) is 66.0 Å². The van der Waals surface area contributed by atoms with E-state index < -0.39 is 10.8 Å². The summed E-state index contributed by atoms with van der Waals surface area (Å²) in [6.07, 6.45) is 11.1. The first kappa shape index (κ1) is 16.3. The Kier molecular flexibility index (Phi) is 4.53. The van der Waals surface area contributed by atoms with E-state index in [1.807, 2.05) is 24.4 Å². The Morgan fingerprint density at radius 2 is 1.96 bits per heavy atom. The maximum absolute atomic E-state index is 11.7. The Hall–Kier alpha value is -2.20. The summed E-state index contributed by atoms with van der Waals surface area (Å²) in [5, 5.41) is 1.13. The van der Waals surface area contributed by atoms with Crippen LogP contribution in [0.25, 0.3) is 16.6 Å². The molecule has 4 rings (SSSR count). The van der Waals surface area contributed by atoms with Crippen LogP contribution in [0, 0.1) is 5.92 Å². The minimum absolute atomic E-state index is 0.634. The maximum Gasteiger partial charge on any atom is 0.137 e. The van der Waals surface area contributed by atoms with E-state index in [1.165, 1.54) is 31.3 Å². The van der Waals surface area contributed by atoms with Gasteiger partial charge in [0.1, 0.15) is 5.65 Å². The van der Waals surface area contributed by atoms with Gasteiger partial charge in [0.05, 0.1) is 0 Å². The van der Waals surface area contributed by atoms with Crippen LogP contribution in [0.4, 0.5) is 0 Å². The molecule has 3 aromatic rings. The Labute approximate surface area is 150 Å². The van der Waals surface area contributed by atoms with Gasteiger partial charge in [0.25, 0.3) is 0 Å². The van der Waals surface area contributed by atoms with Gasteiger partial charge in [-0.25, -0.2) is 4.98 Å². The van der Waals surface area contributed by atoms with Crippen LogP contribution in [-0.4, -0.2) is 20.4 Å². The van der Waals surface area contributed by atoms with E-state index in [2.05, 4.69) is 40.3 Å². The SMILES string of the molecule is CS(=O)c1ccc(C(=CC2CCCC2)c2cc3cccnc3[nH]2)cc1. The van der Waals surface area contributed by atoms with Gasteiger partial charge in [-0.2, -0.15) is 0 Å². The molecule has 1 aliphatic rings.